The van der Waals surface area contributed by atoms with Crippen LogP contribution in [0, 0.1) is 24.7 Å². The van der Waals surface area contributed by atoms with Gasteiger partial charge in [0.05, 0.1) is 39.6 Å². The van der Waals surface area contributed by atoms with Crippen LogP contribution in [0.25, 0.3) is 0 Å². The van der Waals surface area contributed by atoms with E-state index in [0.29, 0.717) is 26.4 Å². The van der Waals surface area contributed by atoms with E-state index >= 15 is 0 Å². The van der Waals surface area contributed by atoms with Crippen LogP contribution < -0.4 is 0 Å². The van der Waals surface area contributed by atoms with Gasteiger partial charge in [0.25, 0.3) is 0 Å². The number of esters is 2. The molecule has 0 amide bonds. The molecule has 0 aromatic carbocycles. The highest BCUT2D eigenvalue weighted by Gasteiger charge is 1.97. The molecule has 0 saturated heterocycles. The SMILES string of the molecule is C#CC(=O)OCCOCCOCCOCCOC(=O)C#C. The van der Waals surface area contributed by atoms with Crippen molar-refractivity contribution in [1.29, 1.82) is 0 Å². The minimum absolute atomic E-state index is 0.114. The van der Waals surface area contributed by atoms with E-state index < -0.39 is 11.9 Å². The maximum atomic E-state index is 10.6. The molecule has 0 radical (unpaired) electrons. The highest BCUT2D eigenvalue weighted by Crippen LogP contribution is 1.84. The monoisotopic (exact) mass is 298 g/mol. The third kappa shape index (κ3) is 14.2. The number of hydrogen-bond acceptors (Lipinski definition) is 7. The summed E-state index contributed by atoms with van der Waals surface area (Å²) in [6.45, 7) is 2.25. The zero-order chi connectivity index (χ0) is 15.8. The number of rotatable bonds is 12. The Balaban J connectivity index is 3.10. The summed E-state index contributed by atoms with van der Waals surface area (Å²) in [6, 6.07) is 0. The van der Waals surface area contributed by atoms with E-state index in [1.54, 1.807) is 0 Å². The van der Waals surface area contributed by atoms with E-state index in [4.69, 9.17) is 27.1 Å². The van der Waals surface area contributed by atoms with Crippen LogP contribution in [0.1, 0.15) is 0 Å². The van der Waals surface area contributed by atoms with Crippen LogP contribution in [0.2, 0.25) is 0 Å². The Morgan fingerprint density at radius 3 is 1.19 bits per heavy atom. The van der Waals surface area contributed by atoms with Gasteiger partial charge < -0.3 is 23.7 Å². The molecule has 0 saturated carbocycles. The second-order valence-corrected chi connectivity index (χ2v) is 3.40. The maximum absolute atomic E-state index is 10.6. The van der Waals surface area contributed by atoms with Gasteiger partial charge in [-0.3, -0.25) is 0 Å². The second kappa shape index (κ2) is 14.4. The largest absolute Gasteiger partial charge is 0.454 e. The molecule has 0 aromatic rings. The Morgan fingerprint density at radius 2 is 0.905 bits per heavy atom. The summed E-state index contributed by atoms with van der Waals surface area (Å²) in [6.07, 6.45) is 9.61. The summed E-state index contributed by atoms with van der Waals surface area (Å²) in [5, 5.41) is 0. The number of terminal acetylenes is 2. The van der Waals surface area contributed by atoms with Gasteiger partial charge in [-0.05, 0) is 0 Å². The lowest BCUT2D eigenvalue weighted by atomic mass is 10.6. The molecule has 0 unspecified atom stereocenters. The fourth-order valence-corrected chi connectivity index (χ4v) is 1.01. The Labute approximate surface area is 123 Å². The van der Waals surface area contributed by atoms with Crippen LogP contribution in [-0.2, 0) is 33.3 Å². The molecule has 7 heteroatoms. The van der Waals surface area contributed by atoms with Crippen molar-refractivity contribution < 1.29 is 33.3 Å². The molecule has 0 spiro atoms. The lowest BCUT2D eigenvalue weighted by molar-refractivity contribution is -0.139. The van der Waals surface area contributed by atoms with Crippen molar-refractivity contribution in [2.24, 2.45) is 0 Å². The molecule has 0 heterocycles. The van der Waals surface area contributed by atoms with Crippen LogP contribution in [0.4, 0.5) is 0 Å². The standard InChI is InChI=1S/C14H18O7/c1-3-13(15)20-11-9-18-7-5-17-6-8-19-10-12-21-14(16)4-2/h1-2H,5-12H2. The van der Waals surface area contributed by atoms with E-state index in [1.807, 2.05) is 11.8 Å². The first-order valence-corrected chi connectivity index (χ1v) is 6.20. The van der Waals surface area contributed by atoms with Gasteiger partial charge in [0, 0.05) is 11.8 Å². The van der Waals surface area contributed by atoms with Crippen LogP contribution in [0.15, 0.2) is 0 Å². The van der Waals surface area contributed by atoms with Gasteiger partial charge in [-0.1, -0.05) is 0 Å². The molecule has 0 rings (SSSR count). The Hall–Kier alpha value is -2.06. The fraction of sp³-hybridized carbons (Fsp3) is 0.571. The molecule has 0 aliphatic carbocycles. The first-order chi connectivity index (χ1) is 10.2. The summed E-state index contributed by atoms with van der Waals surface area (Å²) in [7, 11) is 0. The average molecular weight is 298 g/mol. The van der Waals surface area contributed by atoms with E-state index in [2.05, 4.69) is 9.47 Å². The van der Waals surface area contributed by atoms with Crippen molar-refractivity contribution in [1.82, 2.24) is 0 Å². The summed E-state index contributed by atoms with van der Waals surface area (Å²) >= 11 is 0. The molecule has 0 aromatic heterocycles. The van der Waals surface area contributed by atoms with Gasteiger partial charge in [0.1, 0.15) is 13.2 Å². The number of hydrogen-bond donors (Lipinski definition) is 0. The summed E-state index contributed by atoms with van der Waals surface area (Å²) in [4.78, 5) is 21.1. The van der Waals surface area contributed by atoms with Crippen molar-refractivity contribution >= 4 is 11.9 Å². The van der Waals surface area contributed by atoms with Crippen molar-refractivity contribution in [2.45, 2.75) is 0 Å². The van der Waals surface area contributed by atoms with E-state index in [-0.39, 0.29) is 26.4 Å². The smallest absolute Gasteiger partial charge is 0.384 e. The lowest BCUT2D eigenvalue weighted by Gasteiger charge is -2.06. The van der Waals surface area contributed by atoms with E-state index in [0.717, 1.165) is 0 Å². The number of carbonyl (C=O) groups is 2. The van der Waals surface area contributed by atoms with Crippen LogP contribution >= 0.6 is 0 Å². The first-order valence-electron chi connectivity index (χ1n) is 6.20. The summed E-state index contributed by atoms with van der Waals surface area (Å²) in [5.41, 5.74) is 0. The predicted octanol–water partition coefficient (Wildman–Crippen LogP) is -0.611. The van der Waals surface area contributed by atoms with E-state index in [1.165, 1.54) is 0 Å². The lowest BCUT2D eigenvalue weighted by Crippen LogP contribution is -2.14. The molecular formula is C14H18O7. The van der Waals surface area contributed by atoms with Gasteiger partial charge in [-0.15, -0.1) is 12.8 Å². The van der Waals surface area contributed by atoms with Gasteiger partial charge in [-0.2, -0.15) is 0 Å². The number of carbonyl (C=O) groups excluding carboxylic acids is 2. The fourth-order valence-electron chi connectivity index (χ4n) is 1.01. The normalized spacial score (nSPS) is 9.43. The zero-order valence-electron chi connectivity index (χ0n) is 11.7. The van der Waals surface area contributed by atoms with Crippen molar-refractivity contribution in [3.8, 4) is 24.7 Å². The van der Waals surface area contributed by atoms with Crippen LogP contribution in [0.5, 0.6) is 0 Å². The van der Waals surface area contributed by atoms with Crippen LogP contribution in [0.3, 0.4) is 0 Å². The topological polar surface area (TPSA) is 80.3 Å². The highest BCUT2D eigenvalue weighted by molar-refractivity contribution is 5.87. The third-order valence-corrected chi connectivity index (χ3v) is 1.90. The molecule has 0 atom stereocenters. The molecule has 0 fully saturated rings. The van der Waals surface area contributed by atoms with Crippen LogP contribution in [-0.4, -0.2) is 64.8 Å². The van der Waals surface area contributed by atoms with Crippen molar-refractivity contribution in [3.05, 3.63) is 0 Å². The predicted molar refractivity (Wildman–Crippen MR) is 72.0 cm³/mol. The molecule has 0 N–H and O–H groups in total. The Morgan fingerprint density at radius 1 is 0.619 bits per heavy atom. The second-order valence-electron chi connectivity index (χ2n) is 3.40. The van der Waals surface area contributed by atoms with Gasteiger partial charge in [-0.25, -0.2) is 9.59 Å². The molecular weight excluding hydrogens is 280 g/mol. The molecule has 21 heavy (non-hydrogen) atoms. The summed E-state index contributed by atoms with van der Waals surface area (Å²) < 4.78 is 24.6. The Bertz CT molecular complexity index is 342. The van der Waals surface area contributed by atoms with Gasteiger partial charge in [0.15, 0.2) is 0 Å². The van der Waals surface area contributed by atoms with Crippen molar-refractivity contribution in [3.63, 3.8) is 0 Å². The van der Waals surface area contributed by atoms with Gasteiger partial charge in [0.2, 0.25) is 0 Å². The number of ether oxygens (including phenoxy) is 5. The molecule has 7 nitrogen and oxygen atoms in total. The first kappa shape index (κ1) is 18.9. The summed E-state index contributed by atoms with van der Waals surface area (Å²) in [5.74, 6) is 2.23. The van der Waals surface area contributed by atoms with E-state index in [9.17, 15) is 9.59 Å². The maximum Gasteiger partial charge on any atom is 0.384 e. The molecule has 116 valence electrons. The quantitative estimate of drug-likeness (QED) is 0.206. The minimum atomic E-state index is -0.708. The molecule has 0 bridgehead atoms. The third-order valence-electron chi connectivity index (χ3n) is 1.90. The Kier molecular flexibility index (Phi) is 12.9. The van der Waals surface area contributed by atoms with Crippen molar-refractivity contribution in [2.75, 3.05) is 52.9 Å². The zero-order valence-corrected chi connectivity index (χ0v) is 11.7. The molecule has 0 aliphatic heterocycles. The van der Waals surface area contributed by atoms with Gasteiger partial charge >= 0.3 is 11.9 Å². The molecule has 0 aliphatic rings. The average Bonchev–Trinajstić information content (AvgIpc) is 2.51. The minimum Gasteiger partial charge on any atom is -0.454 e. The highest BCUT2D eigenvalue weighted by atomic mass is 16.6.